The lowest BCUT2D eigenvalue weighted by atomic mass is 9.66. The standard InChI is InChI=1S/C40H65ClO6Si2/c1-27-14-15-28-24-33(47-49(12,13)39(5,6)7)26-35(44-37(42)40(8,9)45-30-18-16-29(41)17-19-30)36(28)34(27)21-20-31-25-32(22-23-43-31)46-48(10,11)38(2,3)4/h14-19,24,27,31-36H,20-23,25-26H2,1-13H3/t27-,31+,32+,33+,34-,35-,36-/m0/s1. The van der Waals surface area contributed by atoms with Crippen molar-refractivity contribution in [2.24, 2.45) is 17.8 Å². The molecule has 1 saturated heterocycles. The average molecular weight is 734 g/mol. The van der Waals surface area contributed by atoms with Crippen molar-refractivity contribution in [3.63, 3.8) is 0 Å². The minimum atomic E-state index is -2.08. The Morgan fingerprint density at radius 1 is 0.898 bits per heavy atom. The van der Waals surface area contributed by atoms with Crippen LogP contribution in [-0.4, -0.2) is 59.2 Å². The molecule has 0 bridgehead atoms. The maximum atomic E-state index is 14.0. The molecule has 1 heterocycles. The highest BCUT2D eigenvalue weighted by Crippen LogP contribution is 2.47. The van der Waals surface area contributed by atoms with E-state index in [9.17, 15) is 4.79 Å². The monoisotopic (exact) mass is 732 g/mol. The summed E-state index contributed by atoms with van der Waals surface area (Å²) in [6.45, 7) is 29.6. The van der Waals surface area contributed by atoms with E-state index in [-0.39, 0.29) is 46.4 Å². The van der Waals surface area contributed by atoms with Crippen molar-refractivity contribution in [1.29, 1.82) is 0 Å². The molecule has 6 nitrogen and oxygen atoms in total. The van der Waals surface area contributed by atoms with Gasteiger partial charge in [-0.1, -0.05) is 78.3 Å². The summed E-state index contributed by atoms with van der Waals surface area (Å²) in [5.41, 5.74) is 0.0297. The summed E-state index contributed by atoms with van der Waals surface area (Å²) < 4.78 is 32.9. The first-order valence-electron chi connectivity index (χ1n) is 18.5. The number of carbonyl (C=O) groups is 1. The summed E-state index contributed by atoms with van der Waals surface area (Å²) in [4.78, 5) is 14.0. The van der Waals surface area contributed by atoms with Crippen LogP contribution in [0.2, 0.25) is 41.3 Å². The fraction of sp³-hybridized carbons (Fsp3) is 0.725. The highest BCUT2D eigenvalue weighted by atomic mass is 35.5. The third-order valence-corrected chi connectivity index (χ3v) is 21.2. The number of hydrogen-bond donors (Lipinski definition) is 0. The van der Waals surface area contributed by atoms with E-state index in [1.165, 1.54) is 5.57 Å². The number of esters is 1. The second kappa shape index (κ2) is 15.3. The third-order valence-electron chi connectivity index (χ3n) is 12.0. The van der Waals surface area contributed by atoms with Gasteiger partial charge in [-0.2, -0.15) is 0 Å². The Kier molecular flexibility index (Phi) is 12.6. The van der Waals surface area contributed by atoms with Gasteiger partial charge in [-0.15, -0.1) is 0 Å². The van der Waals surface area contributed by atoms with Crippen molar-refractivity contribution in [3.8, 4) is 5.75 Å². The minimum Gasteiger partial charge on any atom is -0.476 e. The van der Waals surface area contributed by atoms with Crippen molar-refractivity contribution in [2.45, 2.75) is 161 Å². The molecule has 3 aliphatic rings. The van der Waals surface area contributed by atoms with Crippen LogP contribution in [0.15, 0.2) is 48.1 Å². The molecule has 4 rings (SSSR count). The van der Waals surface area contributed by atoms with Crippen LogP contribution >= 0.6 is 11.6 Å². The van der Waals surface area contributed by atoms with Crippen LogP contribution in [0.25, 0.3) is 0 Å². The maximum Gasteiger partial charge on any atom is 0.350 e. The second-order valence-corrected chi connectivity index (χ2v) is 28.3. The Balaban J connectivity index is 1.55. The molecular weight excluding hydrogens is 668 g/mol. The Morgan fingerprint density at radius 2 is 1.51 bits per heavy atom. The number of rotatable bonds is 11. The molecule has 9 heteroatoms. The fourth-order valence-corrected chi connectivity index (χ4v) is 9.65. The number of ether oxygens (including phenoxy) is 3. The zero-order chi connectivity index (χ0) is 36.6. The van der Waals surface area contributed by atoms with Crippen LogP contribution in [0.4, 0.5) is 0 Å². The Morgan fingerprint density at radius 3 is 2.12 bits per heavy atom. The van der Waals surface area contributed by atoms with E-state index in [0.29, 0.717) is 29.0 Å². The van der Waals surface area contributed by atoms with Gasteiger partial charge in [0, 0.05) is 30.1 Å². The molecule has 2 aliphatic carbocycles. The van der Waals surface area contributed by atoms with E-state index < -0.39 is 22.2 Å². The van der Waals surface area contributed by atoms with Gasteiger partial charge in [-0.05, 0) is 117 Å². The van der Waals surface area contributed by atoms with Crippen molar-refractivity contribution < 1.29 is 27.9 Å². The Labute approximate surface area is 304 Å². The SMILES string of the molecule is C[C@H]1C=CC2=C[C@@H](O[Si](C)(C)C(C)(C)C)C[C@H](OC(=O)C(C)(C)Oc3ccc(Cl)cc3)[C@@H]2[C@H]1CC[C@@H]1C[C@H](O[Si](C)(C)C(C)(C)C)CCO1. The van der Waals surface area contributed by atoms with E-state index >= 15 is 0 Å². The lowest BCUT2D eigenvalue weighted by Gasteiger charge is -2.46. The molecule has 0 saturated carbocycles. The maximum absolute atomic E-state index is 14.0. The first-order chi connectivity index (χ1) is 22.5. The van der Waals surface area contributed by atoms with Gasteiger partial charge in [0.05, 0.1) is 12.2 Å². The van der Waals surface area contributed by atoms with Crippen LogP contribution in [0.5, 0.6) is 5.75 Å². The minimum absolute atomic E-state index is 0.0640. The summed E-state index contributed by atoms with van der Waals surface area (Å²) in [6.07, 6.45) is 11.3. The van der Waals surface area contributed by atoms with Crippen molar-refractivity contribution in [2.75, 3.05) is 6.61 Å². The molecule has 0 aromatic heterocycles. The molecular formula is C40H65ClO6Si2. The molecule has 7 atom stereocenters. The highest BCUT2D eigenvalue weighted by Gasteiger charge is 2.47. The number of halogens is 1. The van der Waals surface area contributed by atoms with Crippen LogP contribution < -0.4 is 4.74 Å². The summed E-state index contributed by atoms with van der Waals surface area (Å²) in [7, 11) is -3.95. The molecule has 0 radical (unpaired) electrons. The van der Waals surface area contributed by atoms with Gasteiger partial charge in [0.25, 0.3) is 0 Å². The van der Waals surface area contributed by atoms with E-state index in [4.69, 9.17) is 34.7 Å². The van der Waals surface area contributed by atoms with Crippen LogP contribution in [0.1, 0.15) is 94.4 Å². The van der Waals surface area contributed by atoms with Crippen LogP contribution in [0.3, 0.4) is 0 Å². The average Bonchev–Trinajstić information content (AvgIpc) is 2.96. The topological polar surface area (TPSA) is 63.2 Å². The molecule has 1 aromatic rings. The zero-order valence-electron chi connectivity index (χ0n) is 32.7. The van der Waals surface area contributed by atoms with Crippen molar-refractivity contribution in [3.05, 3.63) is 53.1 Å². The number of hydrogen-bond acceptors (Lipinski definition) is 6. The van der Waals surface area contributed by atoms with Gasteiger partial charge < -0.3 is 23.1 Å². The van der Waals surface area contributed by atoms with E-state index in [1.807, 2.05) is 0 Å². The number of carbonyl (C=O) groups excluding carboxylic acids is 1. The zero-order valence-corrected chi connectivity index (χ0v) is 35.4. The van der Waals surface area contributed by atoms with Gasteiger partial charge in [-0.3, -0.25) is 0 Å². The molecule has 0 amide bonds. The van der Waals surface area contributed by atoms with Gasteiger partial charge in [0.2, 0.25) is 0 Å². The summed E-state index contributed by atoms with van der Waals surface area (Å²) >= 11 is 6.10. The molecule has 0 N–H and O–H groups in total. The van der Waals surface area contributed by atoms with Gasteiger partial charge in [-0.25, -0.2) is 4.79 Å². The number of benzene rings is 1. The predicted molar refractivity (Wildman–Crippen MR) is 206 cm³/mol. The van der Waals surface area contributed by atoms with Gasteiger partial charge >= 0.3 is 5.97 Å². The van der Waals surface area contributed by atoms with E-state index in [1.54, 1.807) is 38.1 Å². The smallest absolute Gasteiger partial charge is 0.350 e. The lowest BCUT2D eigenvalue weighted by molar-refractivity contribution is -0.170. The highest BCUT2D eigenvalue weighted by molar-refractivity contribution is 6.74. The largest absolute Gasteiger partial charge is 0.476 e. The van der Waals surface area contributed by atoms with Crippen LogP contribution in [-0.2, 0) is 23.1 Å². The molecule has 1 fully saturated rings. The quantitative estimate of drug-likeness (QED) is 0.167. The van der Waals surface area contributed by atoms with Crippen molar-refractivity contribution in [1.82, 2.24) is 0 Å². The molecule has 0 spiro atoms. The fourth-order valence-electron chi connectivity index (χ4n) is 6.85. The molecule has 1 aliphatic heterocycles. The molecule has 276 valence electrons. The number of fused-ring (bicyclic) bond motifs is 1. The molecule has 49 heavy (non-hydrogen) atoms. The van der Waals surface area contributed by atoms with Crippen molar-refractivity contribution >= 4 is 34.2 Å². The Hall–Kier alpha value is -1.43. The van der Waals surface area contributed by atoms with E-state index in [2.05, 4.69) is 92.9 Å². The first-order valence-corrected chi connectivity index (χ1v) is 24.7. The number of allylic oxidation sites excluding steroid dienone is 2. The van der Waals surface area contributed by atoms with Crippen LogP contribution in [0, 0.1) is 17.8 Å². The summed E-state index contributed by atoms with van der Waals surface area (Å²) in [5.74, 6) is 0.903. The second-order valence-electron chi connectivity index (χ2n) is 18.3. The molecule has 0 unspecified atom stereocenters. The molecule has 1 aromatic carbocycles. The van der Waals surface area contributed by atoms with Gasteiger partial charge in [0.15, 0.2) is 22.2 Å². The predicted octanol–water partition coefficient (Wildman–Crippen LogP) is 10.9. The third kappa shape index (κ3) is 10.1. The van der Waals surface area contributed by atoms with E-state index in [0.717, 1.165) is 32.3 Å². The lowest BCUT2D eigenvalue weighted by Crippen LogP contribution is -2.50. The van der Waals surface area contributed by atoms with Gasteiger partial charge in [0.1, 0.15) is 11.9 Å². The normalized spacial score (nSPS) is 28.4. The Bertz CT molecular complexity index is 1340. The summed E-state index contributed by atoms with van der Waals surface area (Å²) in [5, 5.41) is 0.862. The summed E-state index contributed by atoms with van der Waals surface area (Å²) in [6, 6.07) is 7.08. The first kappa shape index (κ1) is 40.3.